The first kappa shape index (κ1) is 15.9. The van der Waals surface area contributed by atoms with Crippen LogP contribution in [-0.4, -0.2) is 21.9 Å². The van der Waals surface area contributed by atoms with Crippen molar-refractivity contribution in [3.8, 4) is 0 Å². The second-order valence-corrected chi connectivity index (χ2v) is 5.25. The van der Waals surface area contributed by atoms with Crippen LogP contribution in [0.3, 0.4) is 0 Å². The molecule has 0 bridgehead atoms. The molecule has 2 atom stereocenters. The summed E-state index contributed by atoms with van der Waals surface area (Å²) in [7, 11) is 0. The van der Waals surface area contributed by atoms with E-state index in [-0.39, 0.29) is 5.69 Å². The van der Waals surface area contributed by atoms with E-state index in [0.29, 0.717) is 12.8 Å². The Morgan fingerprint density at radius 1 is 1.27 bits per heavy atom. The minimum absolute atomic E-state index is 0.0767. The number of amides is 1. The maximum absolute atomic E-state index is 13.2. The fourth-order valence-corrected chi connectivity index (χ4v) is 2.71. The number of benzene rings is 1. The van der Waals surface area contributed by atoms with Crippen LogP contribution in [0.4, 0.5) is 15.8 Å². The lowest BCUT2D eigenvalue weighted by Gasteiger charge is -2.27. The van der Waals surface area contributed by atoms with Crippen molar-refractivity contribution in [3.05, 3.63) is 34.1 Å². The van der Waals surface area contributed by atoms with E-state index >= 15 is 0 Å². The molecule has 1 fully saturated rings. The van der Waals surface area contributed by atoms with E-state index in [1.165, 1.54) is 6.07 Å². The number of carboxylic acids is 1. The highest BCUT2D eigenvalue weighted by molar-refractivity contribution is 5.95. The van der Waals surface area contributed by atoms with Gasteiger partial charge in [0.25, 0.3) is 0 Å². The van der Waals surface area contributed by atoms with E-state index in [9.17, 15) is 24.1 Å². The molecule has 0 radical (unpaired) electrons. The van der Waals surface area contributed by atoms with Crippen molar-refractivity contribution in [3.63, 3.8) is 0 Å². The van der Waals surface area contributed by atoms with Gasteiger partial charge in [-0.05, 0) is 25.0 Å². The second-order valence-electron chi connectivity index (χ2n) is 5.25. The average molecular weight is 310 g/mol. The summed E-state index contributed by atoms with van der Waals surface area (Å²) >= 11 is 0. The Morgan fingerprint density at radius 3 is 2.50 bits per heavy atom. The number of hydrogen-bond donors (Lipinski definition) is 2. The number of anilines is 1. The number of nitrogens with one attached hydrogen (secondary N) is 1. The summed E-state index contributed by atoms with van der Waals surface area (Å²) in [6.45, 7) is 0. The number of nitro groups is 1. The predicted molar refractivity (Wildman–Crippen MR) is 74.8 cm³/mol. The zero-order valence-corrected chi connectivity index (χ0v) is 11.6. The van der Waals surface area contributed by atoms with Gasteiger partial charge in [-0.15, -0.1) is 0 Å². The van der Waals surface area contributed by atoms with E-state index in [1.807, 2.05) is 0 Å². The normalized spacial score (nSPS) is 21.1. The molecule has 2 N–H and O–H groups in total. The fourth-order valence-electron chi connectivity index (χ4n) is 2.71. The molecule has 1 saturated carbocycles. The average Bonchev–Trinajstić information content (AvgIpc) is 2.48. The molecule has 1 aromatic rings. The van der Waals surface area contributed by atoms with Gasteiger partial charge in [0.1, 0.15) is 0 Å². The smallest absolute Gasteiger partial charge is 0.307 e. The number of hydrogen-bond acceptors (Lipinski definition) is 4. The van der Waals surface area contributed by atoms with E-state index in [0.717, 1.165) is 25.0 Å². The van der Waals surface area contributed by atoms with Gasteiger partial charge in [-0.25, -0.2) is 0 Å². The predicted octanol–water partition coefficient (Wildman–Crippen LogP) is 2.56. The molecule has 1 aromatic carbocycles. The Bertz CT molecular complexity index is 619. The monoisotopic (exact) mass is 310 g/mol. The van der Waals surface area contributed by atoms with Crippen LogP contribution in [0.15, 0.2) is 18.2 Å². The summed E-state index contributed by atoms with van der Waals surface area (Å²) in [5, 5.41) is 22.3. The van der Waals surface area contributed by atoms with Crippen molar-refractivity contribution < 1.29 is 24.0 Å². The molecule has 1 amide bonds. The summed E-state index contributed by atoms with van der Waals surface area (Å²) in [5.41, 5.74) is -0.663. The first-order valence-electron chi connectivity index (χ1n) is 6.87. The molecule has 1 aliphatic rings. The molecular weight excluding hydrogens is 295 g/mol. The van der Waals surface area contributed by atoms with Crippen LogP contribution in [0.5, 0.6) is 0 Å². The standard InChI is InChI=1S/C14H15FN2O5/c15-11-6-5-8(7-12(11)17(21)22)16-13(18)9-3-1-2-4-10(9)14(19)20/h5-7,9-10H,1-4H2,(H,16,18)(H,19,20). The summed E-state index contributed by atoms with van der Waals surface area (Å²) in [6, 6.07) is 3.02. The number of nitrogens with zero attached hydrogens (tertiary/aromatic N) is 1. The summed E-state index contributed by atoms with van der Waals surface area (Å²) in [6.07, 6.45) is 2.39. The maximum atomic E-state index is 13.2. The molecule has 22 heavy (non-hydrogen) atoms. The third kappa shape index (κ3) is 3.38. The number of aliphatic carboxylic acids is 1. The van der Waals surface area contributed by atoms with Gasteiger partial charge in [0, 0.05) is 11.8 Å². The first-order valence-corrected chi connectivity index (χ1v) is 6.87. The van der Waals surface area contributed by atoms with Crippen LogP contribution in [0.25, 0.3) is 0 Å². The van der Waals surface area contributed by atoms with Crippen molar-refractivity contribution >= 4 is 23.3 Å². The molecule has 1 aliphatic carbocycles. The molecular formula is C14H15FN2O5. The van der Waals surface area contributed by atoms with Gasteiger partial charge in [0.2, 0.25) is 11.7 Å². The van der Waals surface area contributed by atoms with E-state index in [1.54, 1.807) is 0 Å². The van der Waals surface area contributed by atoms with Crippen molar-refractivity contribution in [1.29, 1.82) is 0 Å². The molecule has 0 spiro atoms. The topological polar surface area (TPSA) is 110 Å². The highest BCUT2D eigenvalue weighted by Crippen LogP contribution is 2.31. The zero-order valence-electron chi connectivity index (χ0n) is 11.6. The lowest BCUT2D eigenvalue weighted by atomic mass is 9.78. The van der Waals surface area contributed by atoms with Gasteiger partial charge in [-0.3, -0.25) is 19.7 Å². The van der Waals surface area contributed by atoms with Gasteiger partial charge in [-0.2, -0.15) is 4.39 Å². The van der Waals surface area contributed by atoms with Gasteiger partial charge in [0.15, 0.2) is 0 Å². The van der Waals surface area contributed by atoms with Crippen LogP contribution in [0.2, 0.25) is 0 Å². The SMILES string of the molecule is O=C(O)C1CCCCC1C(=O)Nc1ccc(F)c([N+](=O)[O-])c1. The molecule has 0 aromatic heterocycles. The van der Waals surface area contributed by atoms with Crippen molar-refractivity contribution in [2.75, 3.05) is 5.32 Å². The van der Waals surface area contributed by atoms with Gasteiger partial charge >= 0.3 is 11.7 Å². The molecule has 0 heterocycles. The number of halogens is 1. The molecule has 118 valence electrons. The molecule has 7 nitrogen and oxygen atoms in total. The fraction of sp³-hybridized carbons (Fsp3) is 0.429. The third-order valence-corrected chi connectivity index (χ3v) is 3.83. The Morgan fingerprint density at radius 2 is 1.91 bits per heavy atom. The molecule has 8 heteroatoms. The quantitative estimate of drug-likeness (QED) is 0.656. The summed E-state index contributed by atoms with van der Waals surface area (Å²) in [5.74, 6) is -3.97. The number of rotatable bonds is 4. The largest absolute Gasteiger partial charge is 0.481 e. The number of carbonyl (C=O) groups excluding carboxylic acids is 1. The van der Waals surface area contributed by atoms with Gasteiger partial charge in [0.05, 0.1) is 16.8 Å². The number of nitro benzene ring substituents is 1. The second kappa shape index (κ2) is 6.50. The Hall–Kier alpha value is -2.51. The lowest BCUT2D eigenvalue weighted by Crippen LogP contribution is -2.36. The van der Waals surface area contributed by atoms with Crippen LogP contribution >= 0.6 is 0 Å². The Kier molecular flexibility index (Phi) is 4.69. The summed E-state index contributed by atoms with van der Waals surface area (Å²) < 4.78 is 13.2. The number of carboxylic acid groups (broad SMARTS) is 1. The molecule has 0 saturated heterocycles. The van der Waals surface area contributed by atoms with Crippen molar-refractivity contribution in [2.24, 2.45) is 11.8 Å². The van der Waals surface area contributed by atoms with E-state index < -0.39 is 40.1 Å². The minimum atomic E-state index is -1.02. The molecule has 0 aliphatic heterocycles. The van der Waals surface area contributed by atoms with E-state index in [4.69, 9.17) is 5.11 Å². The lowest BCUT2D eigenvalue weighted by molar-refractivity contribution is -0.387. The minimum Gasteiger partial charge on any atom is -0.481 e. The molecule has 2 rings (SSSR count). The zero-order chi connectivity index (χ0) is 16.3. The highest BCUT2D eigenvalue weighted by Gasteiger charge is 2.35. The van der Waals surface area contributed by atoms with Gasteiger partial charge < -0.3 is 10.4 Å². The van der Waals surface area contributed by atoms with Gasteiger partial charge in [-0.1, -0.05) is 12.8 Å². The van der Waals surface area contributed by atoms with Crippen molar-refractivity contribution in [2.45, 2.75) is 25.7 Å². The van der Waals surface area contributed by atoms with Crippen LogP contribution in [0.1, 0.15) is 25.7 Å². The molecule has 2 unspecified atom stereocenters. The number of carbonyl (C=O) groups is 2. The Labute approximate surface area is 125 Å². The van der Waals surface area contributed by atoms with Crippen LogP contribution in [-0.2, 0) is 9.59 Å². The Balaban J connectivity index is 2.16. The van der Waals surface area contributed by atoms with Crippen molar-refractivity contribution in [1.82, 2.24) is 0 Å². The maximum Gasteiger partial charge on any atom is 0.307 e. The van der Waals surface area contributed by atoms with Crippen LogP contribution in [0, 0.1) is 27.8 Å². The van der Waals surface area contributed by atoms with Crippen LogP contribution < -0.4 is 5.32 Å². The summed E-state index contributed by atoms with van der Waals surface area (Å²) in [4.78, 5) is 33.2. The highest BCUT2D eigenvalue weighted by atomic mass is 19.1. The van der Waals surface area contributed by atoms with E-state index in [2.05, 4.69) is 5.32 Å². The first-order chi connectivity index (χ1) is 10.4. The third-order valence-electron chi connectivity index (χ3n) is 3.83.